The molecular weight excluding hydrogens is 1420 g/mol. The molecule has 0 atom stereocenters. The number of hydrogen-bond acceptors (Lipinski definition) is 20. The van der Waals surface area contributed by atoms with E-state index in [1.165, 1.54) is 30.2 Å². The number of ether oxygens (including phenoxy) is 1. The van der Waals surface area contributed by atoms with E-state index in [9.17, 15) is 10.1 Å². The highest BCUT2D eigenvalue weighted by Gasteiger charge is 2.16. The van der Waals surface area contributed by atoms with Gasteiger partial charge in [-0.1, -0.05) is 102 Å². The van der Waals surface area contributed by atoms with Gasteiger partial charge >= 0.3 is 45.5 Å². The van der Waals surface area contributed by atoms with Crippen molar-refractivity contribution >= 4 is 122 Å². The molecule has 0 aromatic heterocycles. The predicted octanol–water partition coefficient (Wildman–Crippen LogP) is 26.5. The van der Waals surface area contributed by atoms with Crippen LogP contribution in [0.1, 0.15) is 27.8 Å². The van der Waals surface area contributed by atoms with Gasteiger partial charge in [-0.2, -0.15) is 9.81 Å². The van der Waals surface area contributed by atoms with Crippen LogP contribution < -0.4 is 15.5 Å². The second-order valence-electron chi connectivity index (χ2n) is 20.4. The van der Waals surface area contributed by atoms with Crippen molar-refractivity contribution in [3.8, 4) is 11.5 Å². The summed E-state index contributed by atoms with van der Waals surface area (Å²) in [7, 11) is 3.02. The lowest BCUT2D eigenvalue weighted by molar-refractivity contribution is -0.384. The van der Waals surface area contributed by atoms with Crippen LogP contribution >= 0.6 is 59.0 Å². The van der Waals surface area contributed by atoms with Crippen LogP contribution in [0.2, 0.25) is 10.0 Å². The first kappa shape index (κ1) is 83.6. The Morgan fingerprint density at radius 1 is 0.385 bits per heavy atom. The molecule has 518 valence electrons. The van der Waals surface area contributed by atoms with Crippen LogP contribution in [0.3, 0.4) is 0 Å². The van der Waals surface area contributed by atoms with E-state index < -0.39 is 4.92 Å². The molecule has 11 rings (SSSR count). The van der Waals surface area contributed by atoms with Crippen molar-refractivity contribution in [2.24, 2.45) is 0 Å². The number of rotatable bonds is 14. The molecule has 0 radical (unpaired) electrons. The Balaban J connectivity index is 0.000000253. The van der Waals surface area contributed by atoms with Crippen LogP contribution in [-0.4, -0.2) is 19.1 Å². The molecule has 0 saturated heterocycles. The summed E-state index contributed by atoms with van der Waals surface area (Å²) >= 11 is 15.1. The largest absolute Gasteiger partial charge is 0.457 e. The fourth-order valence-corrected chi connectivity index (χ4v) is 9.78. The Labute approximate surface area is 622 Å². The molecule has 0 unspecified atom stereocenters. The number of nitro groups is 1. The topological polar surface area (TPSA) is 339 Å². The number of anilines is 2. The summed E-state index contributed by atoms with van der Waals surface area (Å²) in [5.41, 5.74) is 12.6. The molecule has 0 amide bonds. The number of nitrogens with one attached hydrogen (secondary N) is 2. The minimum atomic E-state index is -0.492. The standard InChI is InChI=1S/C12H10N3.C12H9N2O.C12H9N2S.C8H10N3O2S.C8H9N2O2S.2C7H6ClN2.C7H6N3O2/c13-15-12-8-6-11(7-9-12)14-10-4-2-1-3-5-10;2*13-14-10-6-8-12(9-7-10)15-11-4-2-1-3-5-11;1-6-3-4-7(5-8(6)11-9)14-13-12-10-2;1-6-3-4-7(13-12-11-2)5-8(6)10-9;1-5-4-6(8)2-3-7(5)10-9;1-5-2-3-6(8)4-7(5)10-9;1-5-4-6(10(11)12)2-3-7(5)9-8/h1-9,14H;2*1-9H;3-5,10H,1-2H3;3-5H,1-2H3;2*2-4H,1H3;2-4H,1H3/q8*+1. The summed E-state index contributed by atoms with van der Waals surface area (Å²) in [6, 6.07) is 76.2. The normalized spacial score (nSPS) is 9.32. The molecule has 0 aliphatic rings. The summed E-state index contributed by atoms with van der Waals surface area (Å²) in [6.07, 6.45) is 0. The van der Waals surface area contributed by atoms with E-state index in [4.69, 9.17) is 75.4 Å². The van der Waals surface area contributed by atoms with E-state index in [2.05, 4.69) is 76.9 Å². The van der Waals surface area contributed by atoms with Gasteiger partial charge < -0.3 is 10.1 Å². The number of nitro benzene ring substituents is 1. The number of nitrogens with zero attached hydrogens (tertiary/aromatic N) is 17. The third-order valence-electron chi connectivity index (χ3n) is 13.0. The third-order valence-corrected chi connectivity index (χ3v) is 15.7. The quantitative estimate of drug-likeness (QED) is 0.0255. The fraction of sp³-hybridized carbons (Fsp3) is 0.0959. The number of halogens is 2. The minimum absolute atomic E-state index is 0.0000926. The maximum absolute atomic E-state index is 10.3. The minimum Gasteiger partial charge on any atom is -0.457 e. The van der Waals surface area contributed by atoms with Gasteiger partial charge in [0.1, 0.15) is 11.5 Å². The molecule has 0 fully saturated rings. The van der Waals surface area contributed by atoms with Gasteiger partial charge in [-0.3, -0.25) is 10.1 Å². The Hall–Kier alpha value is -12.8. The first-order chi connectivity index (χ1) is 50.3. The second-order valence-corrected chi connectivity index (χ2v) is 24.0. The number of aryl methyl sites for hydroxylation is 5. The van der Waals surface area contributed by atoms with Crippen molar-refractivity contribution in [3.63, 3.8) is 0 Å². The number of hydrogen-bond donors (Lipinski definition) is 2. The molecule has 104 heavy (non-hydrogen) atoms. The van der Waals surface area contributed by atoms with Crippen molar-refractivity contribution in [2.45, 2.75) is 54.2 Å². The Morgan fingerprint density at radius 2 is 0.769 bits per heavy atom. The van der Waals surface area contributed by atoms with Crippen LogP contribution in [0, 0.1) is 87.9 Å². The van der Waals surface area contributed by atoms with E-state index in [0.717, 1.165) is 78.2 Å². The van der Waals surface area contributed by atoms with Crippen molar-refractivity contribution < 1.29 is 28.2 Å². The number of para-hydroxylation sites is 2. The molecule has 0 aliphatic carbocycles. The summed E-state index contributed by atoms with van der Waals surface area (Å²) < 4.78 is 14.9. The highest BCUT2D eigenvalue weighted by molar-refractivity contribution is 7.99. The Morgan fingerprint density at radius 3 is 1.22 bits per heavy atom. The van der Waals surface area contributed by atoms with Gasteiger partial charge in [0.05, 0.1) is 47.7 Å². The third kappa shape index (κ3) is 32.0. The predicted molar refractivity (Wildman–Crippen MR) is 408 cm³/mol. The van der Waals surface area contributed by atoms with Gasteiger partial charge in [0, 0.05) is 143 Å². The molecule has 11 aromatic rings. The summed E-state index contributed by atoms with van der Waals surface area (Å²) in [5, 5.41) is 82.8. The first-order valence-electron chi connectivity index (χ1n) is 30.2. The first-order valence-corrected chi connectivity index (χ1v) is 33.3. The fourth-order valence-electron chi connectivity index (χ4n) is 7.66. The van der Waals surface area contributed by atoms with Gasteiger partial charge in [-0.25, -0.2) is 4.89 Å². The molecular formula is C73H65Cl2N19O7S3+8. The van der Waals surface area contributed by atoms with E-state index in [0.29, 0.717) is 66.9 Å². The molecule has 0 heterocycles. The van der Waals surface area contributed by atoms with Crippen molar-refractivity contribution in [1.82, 2.24) is 5.48 Å². The SMILES string of the molecule is CNOOSc1ccc(C)c([N+]#N)c1.COOSc1ccc(C)c([N+]#N)c1.Cc1cc(Cl)ccc1[N+]#N.Cc1cc([N+](=O)[O-])ccc1[N+]#N.Cc1ccc(Cl)cc1[N+]#N.N#[N+]c1ccc(Nc2ccccc2)cc1.N#[N+]c1ccc(Oc2ccccc2)cc1.N#[N+]c1ccc(Sc2ccccc2)cc1. The molecule has 31 heteroatoms. The van der Waals surface area contributed by atoms with Crippen molar-refractivity contribution in [2.75, 3.05) is 19.5 Å². The summed E-state index contributed by atoms with van der Waals surface area (Å²) in [4.78, 5) is 47.2. The number of diazo groups is 8. The van der Waals surface area contributed by atoms with Crippen LogP contribution in [0.4, 0.5) is 62.6 Å². The number of benzene rings is 11. The molecule has 0 spiro atoms. The van der Waals surface area contributed by atoms with E-state index in [-0.39, 0.29) is 5.69 Å². The van der Waals surface area contributed by atoms with Gasteiger partial charge in [0.2, 0.25) is 43.1 Å². The lowest BCUT2D eigenvalue weighted by Gasteiger charge is -2.04. The van der Waals surface area contributed by atoms with Crippen LogP contribution in [-0.2, 0) is 18.5 Å². The molecule has 2 N–H and O–H groups in total. The van der Waals surface area contributed by atoms with Gasteiger partial charge in [-0.05, 0) is 144 Å². The highest BCUT2D eigenvalue weighted by atomic mass is 35.5. The maximum Gasteiger partial charge on any atom is 0.389 e. The van der Waals surface area contributed by atoms with Crippen molar-refractivity contribution in [1.29, 1.82) is 43.1 Å². The van der Waals surface area contributed by atoms with Crippen molar-refractivity contribution in [3.05, 3.63) is 343 Å². The molecule has 11 aromatic carbocycles. The second kappa shape index (κ2) is 48.1. The Kier molecular flexibility index (Phi) is 38.7. The summed E-state index contributed by atoms with van der Waals surface area (Å²) in [6.45, 7) is 9.05. The lowest BCUT2D eigenvalue weighted by Crippen LogP contribution is -2.03. The number of hydroxylamine groups is 1. The average molecular weight is 1490 g/mol. The van der Waals surface area contributed by atoms with Crippen LogP contribution in [0.15, 0.2) is 274 Å². The van der Waals surface area contributed by atoms with E-state index >= 15 is 0 Å². The van der Waals surface area contributed by atoms with Gasteiger partial charge in [-0.15, -0.1) is 9.32 Å². The number of non-ortho nitro benzene ring substituents is 1. The smallest absolute Gasteiger partial charge is 0.389 e. The average Bonchev–Trinajstić information content (AvgIpc) is 0.836. The molecule has 0 aliphatic heterocycles. The van der Waals surface area contributed by atoms with E-state index in [1.807, 2.05) is 155 Å². The zero-order valence-corrected chi connectivity index (χ0v) is 60.7. The molecule has 0 saturated carbocycles. The molecule has 0 bridgehead atoms. The summed E-state index contributed by atoms with van der Waals surface area (Å²) in [5.74, 6) is 1.50. The lowest BCUT2D eigenvalue weighted by atomic mass is 10.2. The van der Waals surface area contributed by atoms with Crippen LogP contribution in [0.25, 0.3) is 39.8 Å². The van der Waals surface area contributed by atoms with Gasteiger partial charge in [0.25, 0.3) is 5.69 Å². The molecule has 26 nitrogen and oxygen atoms in total. The Bertz CT molecular complexity index is 4670. The monoisotopic (exact) mass is 1490 g/mol. The highest BCUT2D eigenvalue weighted by Crippen LogP contribution is 2.32. The zero-order valence-electron chi connectivity index (χ0n) is 56.7. The van der Waals surface area contributed by atoms with Crippen LogP contribution in [0.5, 0.6) is 11.5 Å². The van der Waals surface area contributed by atoms with Gasteiger partial charge in [0.15, 0.2) is 39.8 Å². The zero-order chi connectivity index (χ0) is 75.9. The maximum atomic E-state index is 10.3. The van der Waals surface area contributed by atoms with E-state index in [1.54, 1.807) is 123 Å².